The average molecular weight is 436 g/mol. The van der Waals surface area contributed by atoms with Crippen LogP contribution >= 0.6 is 0 Å². The smallest absolute Gasteiger partial charge is 0.349 e. The second-order valence-corrected chi connectivity index (χ2v) is 9.03. The van der Waals surface area contributed by atoms with Crippen LogP contribution in [0.4, 0.5) is 5.69 Å². The highest BCUT2D eigenvalue weighted by molar-refractivity contribution is 7.92. The van der Waals surface area contributed by atoms with Gasteiger partial charge in [-0.15, -0.1) is 0 Å². The van der Waals surface area contributed by atoms with Crippen molar-refractivity contribution in [1.82, 2.24) is 5.16 Å². The lowest BCUT2D eigenvalue weighted by Crippen LogP contribution is -2.26. The molecule has 1 heterocycles. The van der Waals surface area contributed by atoms with Crippen molar-refractivity contribution in [2.24, 2.45) is 0 Å². The largest absolute Gasteiger partial charge is 0.423 e. The lowest BCUT2D eigenvalue weighted by atomic mass is 10.1. The maximum Gasteiger partial charge on any atom is 0.349 e. The summed E-state index contributed by atoms with van der Waals surface area (Å²) in [5, 5.41) is 5.55. The summed E-state index contributed by atoms with van der Waals surface area (Å²) < 4.78 is 37.7. The number of aryl methyl sites for hydroxylation is 2. The number of carbonyl (C=O) groups is 1. The van der Waals surface area contributed by atoms with E-state index in [0.29, 0.717) is 17.1 Å². The summed E-state index contributed by atoms with van der Waals surface area (Å²) in [5.41, 5.74) is 1.16. The van der Waals surface area contributed by atoms with Crippen LogP contribution in [0.5, 0.6) is 5.75 Å². The van der Waals surface area contributed by atoms with E-state index in [-0.39, 0.29) is 16.2 Å². The number of benzene rings is 3. The Kier molecular flexibility index (Phi) is 5.24. The van der Waals surface area contributed by atoms with E-state index in [9.17, 15) is 13.2 Å². The highest BCUT2D eigenvalue weighted by atomic mass is 32.2. The van der Waals surface area contributed by atoms with Crippen molar-refractivity contribution in [3.05, 3.63) is 83.7 Å². The molecule has 158 valence electrons. The van der Waals surface area contributed by atoms with Gasteiger partial charge in [-0.25, -0.2) is 13.2 Å². The number of ether oxygens (including phenoxy) is 1. The van der Waals surface area contributed by atoms with Crippen LogP contribution in [-0.2, 0) is 10.0 Å². The van der Waals surface area contributed by atoms with Crippen LogP contribution in [0.2, 0.25) is 0 Å². The van der Waals surface area contributed by atoms with E-state index in [1.54, 1.807) is 44.2 Å². The van der Waals surface area contributed by atoms with E-state index in [2.05, 4.69) is 5.16 Å². The van der Waals surface area contributed by atoms with Gasteiger partial charge in [0.15, 0.2) is 0 Å². The average Bonchev–Trinajstić information content (AvgIpc) is 3.11. The number of sulfonamides is 1. The van der Waals surface area contributed by atoms with Crippen LogP contribution in [0.15, 0.2) is 76.1 Å². The van der Waals surface area contributed by atoms with Crippen LogP contribution in [0, 0.1) is 13.8 Å². The fraction of sp³-hybridized carbons (Fsp3) is 0.130. The Morgan fingerprint density at radius 2 is 1.65 bits per heavy atom. The van der Waals surface area contributed by atoms with Gasteiger partial charge in [0.25, 0.3) is 10.0 Å². The van der Waals surface area contributed by atoms with E-state index in [4.69, 9.17) is 9.26 Å². The fourth-order valence-electron chi connectivity index (χ4n) is 3.28. The molecule has 0 amide bonds. The molecular weight excluding hydrogens is 416 g/mol. The minimum atomic E-state index is -3.76. The summed E-state index contributed by atoms with van der Waals surface area (Å²) in [5.74, 6) is 0.0757. The van der Waals surface area contributed by atoms with Gasteiger partial charge in [0.05, 0.1) is 16.3 Å². The topological polar surface area (TPSA) is 89.7 Å². The van der Waals surface area contributed by atoms with Gasteiger partial charge in [-0.1, -0.05) is 35.5 Å². The zero-order valence-electron chi connectivity index (χ0n) is 17.2. The number of nitrogens with zero attached hydrogens (tertiary/aromatic N) is 2. The van der Waals surface area contributed by atoms with E-state index >= 15 is 0 Å². The van der Waals surface area contributed by atoms with Gasteiger partial charge < -0.3 is 9.26 Å². The zero-order valence-corrected chi connectivity index (χ0v) is 18.0. The Hall–Kier alpha value is -3.65. The maximum atomic E-state index is 13.1. The van der Waals surface area contributed by atoms with Crippen LogP contribution in [0.1, 0.15) is 21.8 Å². The molecule has 0 aliphatic carbocycles. The molecule has 0 spiro atoms. The Bertz CT molecular complexity index is 1360. The summed E-state index contributed by atoms with van der Waals surface area (Å²) in [7, 11) is -2.28. The number of fused-ring (bicyclic) bond motifs is 1. The Labute approximate surface area is 179 Å². The first kappa shape index (κ1) is 20.6. The van der Waals surface area contributed by atoms with Crippen molar-refractivity contribution in [3.63, 3.8) is 0 Å². The number of hydrogen-bond acceptors (Lipinski definition) is 6. The molecule has 3 aromatic carbocycles. The predicted octanol–water partition coefficient (Wildman–Crippen LogP) is 4.49. The van der Waals surface area contributed by atoms with Gasteiger partial charge in [0.1, 0.15) is 17.1 Å². The van der Waals surface area contributed by atoms with Crippen LogP contribution in [-0.4, -0.2) is 26.6 Å². The monoisotopic (exact) mass is 436 g/mol. The van der Waals surface area contributed by atoms with Crippen molar-refractivity contribution in [1.29, 1.82) is 0 Å². The van der Waals surface area contributed by atoms with Crippen LogP contribution < -0.4 is 9.04 Å². The molecule has 8 heteroatoms. The summed E-state index contributed by atoms with van der Waals surface area (Å²) in [6.07, 6.45) is 0. The molecule has 0 saturated carbocycles. The molecule has 0 N–H and O–H groups in total. The molecule has 31 heavy (non-hydrogen) atoms. The van der Waals surface area contributed by atoms with Crippen LogP contribution in [0.25, 0.3) is 10.8 Å². The van der Waals surface area contributed by atoms with Crippen molar-refractivity contribution >= 4 is 32.5 Å². The van der Waals surface area contributed by atoms with Crippen molar-refractivity contribution in [2.45, 2.75) is 18.7 Å². The highest BCUT2D eigenvalue weighted by Crippen LogP contribution is 2.27. The SMILES string of the molecule is Cc1noc(C)c1C(=O)Oc1ccc(N(C)S(=O)(=O)c2ccc3ccccc3c2)cc1. The number of carbonyl (C=O) groups excluding carboxylic acids is 1. The third-order valence-electron chi connectivity index (χ3n) is 5.03. The molecule has 0 fully saturated rings. The minimum absolute atomic E-state index is 0.197. The van der Waals surface area contributed by atoms with E-state index < -0.39 is 16.0 Å². The summed E-state index contributed by atoms with van der Waals surface area (Å²) in [4.78, 5) is 12.6. The molecule has 0 atom stereocenters. The first-order valence-electron chi connectivity index (χ1n) is 9.50. The third kappa shape index (κ3) is 3.89. The molecule has 4 aromatic rings. The fourth-order valence-corrected chi connectivity index (χ4v) is 4.51. The molecule has 0 radical (unpaired) electrons. The van der Waals surface area contributed by atoms with Gasteiger partial charge in [-0.3, -0.25) is 4.31 Å². The highest BCUT2D eigenvalue weighted by Gasteiger charge is 2.23. The lowest BCUT2D eigenvalue weighted by Gasteiger charge is -2.20. The Morgan fingerprint density at radius 3 is 2.29 bits per heavy atom. The summed E-state index contributed by atoms with van der Waals surface area (Å²) in [6, 6.07) is 18.8. The van der Waals surface area contributed by atoms with E-state index in [0.717, 1.165) is 10.8 Å². The molecule has 0 unspecified atom stereocenters. The van der Waals surface area contributed by atoms with Gasteiger partial charge in [0.2, 0.25) is 0 Å². The Balaban J connectivity index is 1.55. The normalized spacial score (nSPS) is 11.5. The molecule has 4 rings (SSSR count). The van der Waals surface area contributed by atoms with E-state index in [1.807, 2.05) is 24.3 Å². The zero-order chi connectivity index (χ0) is 22.2. The molecule has 0 aliphatic heterocycles. The number of aromatic nitrogens is 1. The third-order valence-corrected chi connectivity index (χ3v) is 6.81. The first-order chi connectivity index (χ1) is 14.8. The van der Waals surface area contributed by atoms with Gasteiger partial charge >= 0.3 is 5.97 Å². The number of rotatable bonds is 5. The molecule has 0 bridgehead atoms. The van der Waals surface area contributed by atoms with Gasteiger partial charge in [-0.2, -0.15) is 0 Å². The molecule has 0 aliphatic rings. The standard InChI is InChI=1S/C23H20N2O5S/c1-15-22(16(2)30-24-15)23(26)29-20-11-9-19(10-12-20)25(3)31(27,28)21-13-8-17-6-4-5-7-18(17)14-21/h4-14H,1-3H3. The maximum absolute atomic E-state index is 13.1. The predicted molar refractivity (Wildman–Crippen MR) is 117 cm³/mol. The molecule has 1 aromatic heterocycles. The molecule has 7 nitrogen and oxygen atoms in total. The van der Waals surface area contributed by atoms with Crippen molar-refractivity contribution in [3.8, 4) is 5.75 Å². The second-order valence-electron chi connectivity index (χ2n) is 7.06. The lowest BCUT2D eigenvalue weighted by molar-refractivity contribution is 0.0732. The Morgan fingerprint density at radius 1 is 0.968 bits per heavy atom. The van der Waals surface area contributed by atoms with Gasteiger partial charge in [-0.05, 0) is 61.0 Å². The van der Waals surface area contributed by atoms with Crippen molar-refractivity contribution in [2.75, 3.05) is 11.4 Å². The second kappa shape index (κ2) is 7.88. The number of hydrogen-bond donors (Lipinski definition) is 0. The molecule has 0 saturated heterocycles. The summed E-state index contributed by atoms with van der Waals surface area (Å²) in [6.45, 7) is 3.29. The van der Waals surface area contributed by atoms with Crippen molar-refractivity contribution < 1.29 is 22.5 Å². The number of anilines is 1. The van der Waals surface area contributed by atoms with E-state index in [1.165, 1.54) is 23.5 Å². The number of esters is 1. The molecular formula is C23H20N2O5S. The van der Waals surface area contributed by atoms with Gasteiger partial charge in [0, 0.05) is 7.05 Å². The first-order valence-corrected chi connectivity index (χ1v) is 10.9. The van der Waals surface area contributed by atoms with Crippen LogP contribution in [0.3, 0.4) is 0 Å². The minimum Gasteiger partial charge on any atom is -0.423 e. The quantitative estimate of drug-likeness (QED) is 0.338. The summed E-state index contributed by atoms with van der Waals surface area (Å²) >= 11 is 0.